The van der Waals surface area contributed by atoms with Gasteiger partial charge in [-0.3, -0.25) is 4.90 Å². The fourth-order valence-electron chi connectivity index (χ4n) is 2.20. The third kappa shape index (κ3) is 5.07. The molecule has 0 atom stereocenters. The number of benzene rings is 2. The Labute approximate surface area is 153 Å². The Bertz CT molecular complexity index is 803. The molecule has 0 aromatic heterocycles. The average molecular weight is 350 g/mol. The Kier molecular flexibility index (Phi) is 6.55. The summed E-state index contributed by atoms with van der Waals surface area (Å²) < 4.78 is 0. The molecule has 25 heavy (non-hydrogen) atoms. The van der Waals surface area contributed by atoms with Crippen LogP contribution in [0.25, 0.3) is 6.08 Å². The molecule has 0 saturated heterocycles. The third-order valence-corrected chi connectivity index (χ3v) is 4.63. The quantitative estimate of drug-likeness (QED) is 0.318. The van der Waals surface area contributed by atoms with Crippen molar-refractivity contribution in [3.63, 3.8) is 0 Å². The van der Waals surface area contributed by atoms with Crippen molar-refractivity contribution in [2.24, 2.45) is 0 Å². The highest BCUT2D eigenvalue weighted by molar-refractivity contribution is 8.03. The summed E-state index contributed by atoms with van der Waals surface area (Å²) in [5, 5.41) is 15.2. The number of thioether (sulfide) groups is 1. The van der Waals surface area contributed by atoms with E-state index in [2.05, 4.69) is 35.5 Å². The normalized spacial score (nSPS) is 10.3. The second-order valence-electron chi connectivity index (χ2n) is 5.36. The molecule has 2 aromatic rings. The summed E-state index contributed by atoms with van der Waals surface area (Å²) in [4.78, 5) is 3.59. The van der Waals surface area contributed by atoms with Crippen LogP contribution in [0.5, 0.6) is 0 Å². The minimum absolute atomic E-state index is 0.871. The van der Waals surface area contributed by atoms with Gasteiger partial charge in [-0.15, -0.1) is 0 Å². The van der Waals surface area contributed by atoms with Crippen LogP contribution in [0.3, 0.4) is 0 Å². The van der Waals surface area contributed by atoms with Gasteiger partial charge in [-0.25, -0.2) is 0 Å². The standard InChI is InChI=1S/C20H22N4S/c1-15(25-20-13-17(22-2)9-12-19(20)23-3)5-6-16-7-10-18(11-8-16)24(4)14-21/h5-13,22-23H,1H2,2-4H3/b6-5+. The molecule has 0 unspecified atom stereocenters. The number of rotatable bonds is 7. The van der Waals surface area contributed by atoms with Crippen LogP contribution in [-0.2, 0) is 0 Å². The van der Waals surface area contributed by atoms with Gasteiger partial charge in [0.2, 0.25) is 0 Å². The second kappa shape index (κ2) is 8.86. The number of hydrogen-bond acceptors (Lipinski definition) is 5. The predicted octanol–water partition coefficient (Wildman–Crippen LogP) is 5.01. The Morgan fingerprint density at radius 3 is 2.48 bits per heavy atom. The van der Waals surface area contributed by atoms with E-state index in [1.807, 2.05) is 56.6 Å². The average Bonchev–Trinajstić information content (AvgIpc) is 2.66. The van der Waals surface area contributed by atoms with Crippen LogP contribution < -0.4 is 15.5 Å². The van der Waals surface area contributed by atoms with Gasteiger partial charge >= 0.3 is 0 Å². The first kappa shape index (κ1) is 18.5. The molecule has 5 heteroatoms. The van der Waals surface area contributed by atoms with Crippen LogP contribution in [0, 0.1) is 11.5 Å². The summed E-state index contributed by atoms with van der Waals surface area (Å²) in [7, 11) is 5.56. The number of nitriles is 1. The third-order valence-electron chi connectivity index (χ3n) is 3.67. The Balaban J connectivity index is 2.07. The zero-order chi connectivity index (χ0) is 18.2. The van der Waals surface area contributed by atoms with Crippen molar-refractivity contribution in [3.8, 4) is 6.19 Å². The highest BCUT2D eigenvalue weighted by Crippen LogP contribution is 2.34. The lowest BCUT2D eigenvalue weighted by molar-refractivity contribution is 1.20. The summed E-state index contributed by atoms with van der Waals surface area (Å²) in [5.41, 5.74) is 4.07. The molecule has 0 spiro atoms. The van der Waals surface area contributed by atoms with Gasteiger partial charge in [-0.2, -0.15) is 5.26 Å². The van der Waals surface area contributed by atoms with Crippen molar-refractivity contribution in [1.29, 1.82) is 5.26 Å². The Morgan fingerprint density at radius 1 is 1.16 bits per heavy atom. The van der Waals surface area contributed by atoms with Gasteiger partial charge in [0, 0.05) is 42.3 Å². The Hall–Kier alpha value is -2.84. The minimum Gasteiger partial charge on any atom is -0.388 e. The molecule has 2 aromatic carbocycles. The number of allylic oxidation sites excluding steroid dienone is 1. The SMILES string of the molecule is C=C(/C=C/c1ccc(N(C)C#N)cc1)Sc1cc(NC)ccc1NC. The number of hydrogen-bond donors (Lipinski definition) is 2. The largest absolute Gasteiger partial charge is 0.388 e. The van der Waals surface area contributed by atoms with Crippen LogP contribution in [0.4, 0.5) is 17.1 Å². The molecule has 0 aliphatic heterocycles. The molecular weight excluding hydrogens is 328 g/mol. The molecule has 2 rings (SSSR count). The maximum absolute atomic E-state index is 8.89. The van der Waals surface area contributed by atoms with Crippen LogP contribution in [0.1, 0.15) is 5.56 Å². The van der Waals surface area contributed by atoms with E-state index in [1.165, 1.54) is 4.90 Å². The molecule has 128 valence electrons. The highest BCUT2D eigenvalue weighted by atomic mass is 32.2. The van der Waals surface area contributed by atoms with E-state index in [1.54, 1.807) is 18.8 Å². The van der Waals surface area contributed by atoms with E-state index < -0.39 is 0 Å². The van der Waals surface area contributed by atoms with Crippen molar-refractivity contribution < 1.29 is 0 Å². The lowest BCUT2D eigenvalue weighted by Gasteiger charge is -2.11. The first-order chi connectivity index (χ1) is 12.1. The maximum Gasteiger partial charge on any atom is 0.183 e. The van der Waals surface area contributed by atoms with E-state index in [-0.39, 0.29) is 0 Å². The summed E-state index contributed by atoms with van der Waals surface area (Å²) in [6.07, 6.45) is 6.10. The van der Waals surface area contributed by atoms with Gasteiger partial charge in [0.1, 0.15) is 0 Å². The Morgan fingerprint density at radius 2 is 1.88 bits per heavy atom. The zero-order valence-corrected chi connectivity index (χ0v) is 15.5. The summed E-state index contributed by atoms with van der Waals surface area (Å²) >= 11 is 1.62. The topological polar surface area (TPSA) is 51.1 Å². The van der Waals surface area contributed by atoms with Crippen molar-refractivity contribution in [2.75, 3.05) is 36.7 Å². The number of nitrogens with one attached hydrogen (secondary N) is 2. The second-order valence-corrected chi connectivity index (χ2v) is 6.53. The smallest absolute Gasteiger partial charge is 0.183 e. The fourth-order valence-corrected chi connectivity index (χ4v) is 3.08. The van der Waals surface area contributed by atoms with Gasteiger partial charge in [0.05, 0.1) is 5.69 Å². The molecule has 0 bridgehead atoms. The highest BCUT2D eigenvalue weighted by Gasteiger charge is 2.04. The minimum atomic E-state index is 0.871. The molecule has 4 nitrogen and oxygen atoms in total. The predicted molar refractivity (Wildman–Crippen MR) is 110 cm³/mol. The number of nitrogens with zero attached hydrogens (tertiary/aromatic N) is 2. The van der Waals surface area contributed by atoms with Crippen molar-refractivity contribution >= 4 is 34.9 Å². The monoisotopic (exact) mass is 350 g/mol. The van der Waals surface area contributed by atoms with Crippen LogP contribution in [0.2, 0.25) is 0 Å². The van der Waals surface area contributed by atoms with Crippen molar-refractivity contribution in [1.82, 2.24) is 0 Å². The summed E-state index contributed by atoms with van der Waals surface area (Å²) in [6.45, 7) is 4.13. The van der Waals surface area contributed by atoms with Crippen LogP contribution >= 0.6 is 11.8 Å². The first-order valence-electron chi connectivity index (χ1n) is 7.85. The number of anilines is 3. The molecule has 0 aliphatic rings. The molecule has 0 fully saturated rings. The lowest BCUT2D eigenvalue weighted by atomic mass is 10.2. The van der Waals surface area contributed by atoms with Gasteiger partial charge in [-0.1, -0.05) is 36.5 Å². The molecular formula is C20H22N4S. The molecule has 0 heterocycles. The maximum atomic E-state index is 8.89. The molecule has 2 N–H and O–H groups in total. The van der Waals surface area contributed by atoms with Crippen molar-refractivity contribution in [3.05, 3.63) is 65.6 Å². The van der Waals surface area contributed by atoms with E-state index in [9.17, 15) is 0 Å². The van der Waals surface area contributed by atoms with Gasteiger partial charge in [0.25, 0.3) is 0 Å². The van der Waals surface area contributed by atoms with E-state index >= 15 is 0 Å². The van der Waals surface area contributed by atoms with Gasteiger partial charge in [0.15, 0.2) is 6.19 Å². The summed E-state index contributed by atoms with van der Waals surface area (Å²) in [6, 6.07) is 14.0. The van der Waals surface area contributed by atoms with E-state index in [0.29, 0.717) is 0 Å². The zero-order valence-electron chi connectivity index (χ0n) is 14.7. The fraction of sp³-hybridized carbons (Fsp3) is 0.150. The summed E-state index contributed by atoms with van der Waals surface area (Å²) in [5.74, 6) is 0. The molecule has 0 radical (unpaired) electrons. The van der Waals surface area contributed by atoms with E-state index in [4.69, 9.17) is 5.26 Å². The van der Waals surface area contributed by atoms with Gasteiger partial charge in [-0.05, 0) is 42.0 Å². The molecule has 0 saturated carbocycles. The van der Waals surface area contributed by atoms with Gasteiger partial charge < -0.3 is 10.6 Å². The van der Waals surface area contributed by atoms with Crippen LogP contribution in [-0.4, -0.2) is 21.1 Å². The van der Waals surface area contributed by atoms with Crippen LogP contribution in [0.15, 0.2) is 64.9 Å². The first-order valence-corrected chi connectivity index (χ1v) is 8.67. The molecule has 0 amide bonds. The lowest BCUT2D eigenvalue weighted by Crippen LogP contribution is -2.07. The van der Waals surface area contributed by atoms with Crippen molar-refractivity contribution in [2.45, 2.75) is 4.90 Å². The molecule has 0 aliphatic carbocycles. The van der Waals surface area contributed by atoms with E-state index in [0.717, 1.165) is 32.4 Å².